The van der Waals surface area contributed by atoms with Crippen LogP contribution < -0.4 is 9.46 Å². The fraction of sp³-hybridized carbons (Fsp3) is 0.600. The fourth-order valence-corrected chi connectivity index (χ4v) is 4.21. The van der Waals surface area contributed by atoms with Crippen LogP contribution in [0, 0.1) is 5.41 Å². The molecule has 0 saturated heterocycles. The van der Waals surface area contributed by atoms with Crippen molar-refractivity contribution in [3.63, 3.8) is 0 Å². The molecular formula is C15H24ClNO3S. The fourth-order valence-electron chi connectivity index (χ4n) is 2.59. The van der Waals surface area contributed by atoms with Crippen molar-refractivity contribution in [2.45, 2.75) is 51.5 Å². The van der Waals surface area contributed by atoms with E-state index in [4.69, 9.17) is 16.3 Å². The van der Waals surface area contributed by atoms with Crippen LogP contribution in [0.5, 0.6) is 5.75 Å². The van der Waals surface area contributed by atoms with Crippen molar-refractivity contribution >= 4 is 21.6 Å². The van der Waals surface area contributed by atoms with Crippen molar-refractivity contribution in [3.05, 3.63) is 23.2 Å². The van der Waals surface area contributed by atoms with Crippen molar-refractivity contribution < 1.29 is 13.2 Å². The van der Waals surface area contributed by atoms with E-state index in [1.54, 1.807) is 0 Å². The van der Waals surface area contributed by atoms with E-state index in [1.165, 1.54) is 25.3 Å². The van der Waals surface area contributed by atoms with Gasteiger partial charge in [-0.1, -0.05) is 32.4 Å². The van der Waals surface area contributed by atoms with Crippen molar-refractivity contribution in [1.82, 2.24) is 4.72 Å². The smallest absolute Gasteiger partial charge is 0.241 e. The Bertz CT molecular complexity index is 604. The quantitative estimate of drug-likeness (QED) is 0.890. The van der Waals surface area contributed by atoms with Gasteiger partial charge in [0.05, 0.1) is 17.0 Å². The van der Waals surface area contributed by atoms with E-state index in [9.17, 15) is 8.42 Å². The number of methoxy groups -OCH3 is 1. The predicted molar refractivity (Wildman–Crippen MR) is 86.5 cm³/mol. The standard InChI is InChI=1S/C15H24ClNO3S/c1-14(2,3)10-15(4,5)17-21(18,19)11-7-8-12(16)13(9-11)20-6/h7-9,17H,10H2,1-6H3. The number of hydrogen-bond donors (Lipinski definition) is 1. The molecule has 120 valence electrons. The maximum Gasteiger partial charge on any atom is 0.241 e. The molecule has 0 spiro atoms. The van der Waals surface area contributed by atoms with Crippen molar-refractivity contribution in [3.8, 4) is 5.75 Å². The van der Waals surface area contributed by atoms with E-state index in [0.717, 1.165) is 0 Å². The minimum absolute atomic E-state index is 0.0176. The Labute approximate surface area is 132 Å². The lowest BCUT2D eigenvalue weighted by molar-refractivity contribution is 0.269. The van der Waals surface area contributed by atoms with Gasteiger partial charge in [-0.05, 0) is 37.8 Å². The molecule has 0 fully saturated rings. The molecule has 4 nitrogen and oxygen atoms in total. The van der Waals surface area contributed by atoms with Crippen LogP contribution in [0.15, 0.2) is 23.1 Å². The van der Waals surface area contributed by atoms with Crippen LogP contribution in [0.2, 0.25) is 5.02 Å². The predicted octanol–water partition coefficient (Wildman–Crippen LogP) is 3.84. The number of ether oxygens (including phenoxy) is 1. The Morgan fingerprint density at radius 1 is 1.19 bits per heavy atom. The summed E-state index contributed by atoms with van der Waals surface area (Å²) in [5.74, 6) is 0.341. The summed E-state index contributed by atoms with van der Waals surface area (Å²) in [5, 5.41) is 0.380. The number of benzene rings is 1. The molecule has 1 rings (SSSR count). The highest BCUT2D eigenvalue weighted by Gasteiger charge is 2.30. The second-order valence-corrected chi connectivity index (χ2v) is 9.11. The Hall–Kier alpha value is -0.780. The van der Waals surface area contributed by atoms with E-state index in [2.05, 4.69) is 25.5 Å². The molecule has 0 amide bonds. The first-order valence-electron chi connectivity index (χ1n) is 6.74. The van der Waals surface area contributed by atoms with Gasteiger partial charge in [0, 0.05) is 11.6 Å². The van der Waals surface area contributed by atoms with Gasteiger partial charge < -0.3 is 4.74 Å². The molecule has 6 heteroatoms. The van der Waals surface area contributed by atoms with Crippen molar-refractivity contribution in [1.29, 1.82) is 0 Å². The van der Waals surface area contributed by atoms with Crippen molar-refractivity contribution in [2.75, 3.05) is 7.11 Å². The summed E-state index contributed by atoms with van der Waals surface area (Å²) < 4.78 is 32.8. The van der Waals surface area contributed by atoms with Gasteiger partial charge in [0.2, 0.25) is 10.0 Å². The minimum atomic E-state index is -3.63. The average molecular weight is 334 g/mol. The van der Waals surface area contributed by atoms with E-state index < -0.39 is 15.6 Å². The molecule has 1 N–H and O–H groups in total. The Balaban J connectivity index is 3.07. The molecule has 0 heterocycles. The molecule has 0 unspecified atom stereocenters. The van der Waals surface area contributed by atoms with Crippen LogP contribution in [-0.4, -0.2) is 21.1 Å². The highest BCUT2D eigenvalue weighted by Crippen LogP contribution is 2.30. The lowest BCUT2D eigenvalue weighted by Crippen LogP contribution is -2.45. The molecule has 0 saturated carbocycles. The average Bonchev–Trinajstić information content (AvgIpc) is 2.24. The summed E-state index contributed by atoms with van der Waals surface area (Å²) in [6.45, 7) is 9.99. The van der Waals surface area contributed by atoms with Crippen LogP contribution in [0.3, 0.4) is 0 Å². The van der Waals surface area contributed by atoms with Crippen LogP contribution in [-0.2, 0) is 10.0 Å². The molecule has 0 aromatic heterocycles. The first-order chi connectivity index (χ1) is 9.36. The van der Waals surface area contributed by atoms with Crippen LogP contribution in [0.1, 0.15) is 41.0 Å². The molecule has 0 radical (unpaired) electrons. The van der Waals surface area contributed by atoms with Gasteiger partial charge in [-0.25, -0.2) is 13.1 Å². The zero-order chi connectivity index (χ0) is 16.5. The molecule has 0 aliphatic rings. The normalized spacial score (nSPS) is 13.3. The summed E-state index contributed by atoms with van der Waals surface area (Å²) in [6.07, 6.45) is 0.712. The first kappa shape index (κ1) is 18.3. The molecule has 0 bridgehead atoms. The Morgan fingerprint density at radius 3 is 2.24 bits per heavy atom. The summed E-state index contributed by atoms with van der Waals surface area (Å²) in [7, 11) is -2.18. The number of sulfonamides is 1. The monoisotopic (exact) mass is 333 g/mol. The molecule has 21 heavy (non-hydrogen) atoms. The largest absolute Gasteiger partial charge is 0.495 e. The second kappa shape index (κ2) is 6.15. The molecule has 0 atom stereocenters. The maximum absolute atomic E-state index is 12.5. The van der Waals surface area contributed by atoms with Gasteiger partial charge >= 0.3 is 0 Å². The lowest BCUT2D eigenvalue weighted by Gasteiger charge is -2.33. The number of nitrogens with one attached hydrogen (secondary N) is 1. The summed E-state index contributed by atoms with van der Waals surface area (Å²) in [5.41, 5.74) is -0.534. The molecule has 1 aromatic carbocycles. The molecule has 1 aromatic rings. The van der Waals surface area contributed by atoms with Crippen LogP contribution >= 0.6 is 11.6 Å². The Morgan fingerprint density at radius 2 is 1.76 bits per heavy atom. The molecular weight excluding hydrogens is 310 g/mol. The molecule has 0 aliphatic heterocycles. The van der Waals surface area contributed by atoms with Gasteiger partial charge in [-0.3, -0.25) is 0 Å². The lowest BCUT2D eigenvalue weighted by atomic mass is 9.82. The van der Waals surface area contributed by atoms with Gasteiger partial charge in [0.15, 0.2) is 0 Å². The van der Waals surface area contributed by atoms with E-state index in [0.29, 0.717) is 17.2 Å². The third-order valence-corrected chi connectivity index (χ3v) is 4.82. The highest BCUT2D eigenvalue weighted by molar-refractivity contribution is 7.89. The number of halogens is 1. The van der Waals surface area contributed by atoms with Crippen LogP contribution in [0.4, 0.5) is 0 Å². The number of hydrogen-bond acceptors (Lipinski definition) is 3. The van der Waals surface area contributed by atoms with Gasteiger partial charge in [0.1, 0.15) is 5.75 Å². The topological polar surface area (TPSA) is 55.4 Å². The van der Waals surface area contributed by atoms with Crippen LogP contribution in [0.25, 0.3) is 0 Å². The Kier molecular flexibility index (Phi) is 5.35. The molecule has 0 aliphatic carbocycles. The van der Waals surface area contributed by atoms with Crippen molar-refractivity contribution in [2.24, 2.45) is 5.41 Å². The third kappa shape index (κ3) is 5.49. The van der Waals surface area contributed by atoms with E-state index in [-0.39, 0.29) is 10.3 Å². The maximum atomic E-state index is 12.5. The van der Waals surface area contributed by atoms with Gasteiger partial charge in [0.25, 0.3) is 0 Å². The van der Waals surface area contributed by atoms with Gasteiger partial charge in [-0.2, -0.15) is 0 Å². The SMILES string of the molecule is COc1cc(S(=O)(=O)NC(C)(C)CC(C)(C)C)ccc1Cl. The summed E-state index contributed by atoms with van der Waals surface area (Å²) in [4.78, 5) is 0.144. The second-order valence-electron chi connectivity index (χ2n) is 7.02. The summed E-state index contributed by atoms with van der Waals surface area (Å²) >= 11 is 5.93. The van der Waals surface area contributed by atoms with Gasteiger partial charge in [-0.15, -0.1) is 0 Å². The zero-order valence-corrected chi connectivity index (χ0v) is 15.0. The zero-order valence-electron chi connectivity index (χ0n) is 13.5. The first-order valence-corrected chi connectivity index (χ1v) is 8.60. The third-order valence-electron chi connectivity index (χ3n) is 2.82. The minimum Gasteiger partial charge on any atom is -0.495 e. The number of rotatable bonds is 5. The highest BCUT2D eigenvalue weighted by atomic mass is 35.5. The summed E-state index contributed by atoms with van der Waals surface area (Å²) in [6, 6.07) is 4.42. The van der Waals surface area contributed by atoms with E-state index >= 15 is 0 Å². The van der Waals surface area contributed by atoms with E-state index in [1.807, 2.05) is 13.8 Å².